The van der Waals surface area contributed by atoms with Gasteiger partial charge in [-0.1, -0.05) is 71.8 Å². The number of aryl methyl sites for hydroxylation is 1. The number of rotatable bonds is 12. The maximum Gasteiger partial charge on any atom is 0.243 e. The Morgan fingerprint density at radius 3 is 2.15 bits per heavy atom. The summed E-state index contributed by atoms with van der Waals surface area (Å²) in [7, 11) is -3.56. The van der Waals surface area contributed by atoms with Gasteiger partial charge in [0.1, 0.15) is 6.04 Å². The molecule has 0 spiro atoms. The zero-order chi connectivity index (χ0) is 30.2. The van der Waals surface area contributed by atoms with Gasteiger partial charge in [0, 0.05) is 36.5 Å². The van der Waals surface area contributed by atoms with Gasteiger partial charge in [-0.25, -0.2) is 8.42 Å². The molecule has 3 aromatic rings. The van der Waals surface area contributed by atoms with Crippen LogP contribution in [-0.4, -0.2) is 49.5 Å². The molecule has 0 saturated heterocycles. The van der Waals surface area contributed by atoms with Crippen LogP contribution in [0.4, 0.5) is 5.69 Å². The fourth-order valence-corrected chi connectivity index (χ4v) is 5.73. The number of amides is 2. The standard InChI is InChI=1S/C32H40ClN3O4S/c1-24-16-18-28(19-17-24)36(41(5,39)40)20-10-15-30(37)35(23-26-13-9-14-27(33)21-26)29(31(38)34-32(2,3)4)22-25-11-7-6-8-12-25/h6-9,11-14,16-19,21,29H,10,15,20,22-23H2,1-5H3,(H,34,38)/t29-/m1/s1. The molecule has 0 aliphatic rings. The summed E-state index contributed by atoms with van der Waals surface area (Å²) in [5.41, 5.74) is 2.79. The van der Waals surface area contributed by atoms with Gasteiger partial charge in [-0.2, -0.15) is 0 Å². The lowest BCUT2D eigenvalue weighted by Gasteiger charge is -2.34. The van der Waals surface area contributed by atoms with Gasteiger partial charge >= 0.3 is 0 Å². The lowest BCUT2D eigenvalue weighted by molar-refractivity contribution is -0.142. The molecule has 7 nitrogen and oxygen atoms in total. The van der Waals surface area contributed by atoms with Gasteiger partial charge in [0.05, 0.1) is 11.9 Å². The Bertz CT molecular complexity index is 1420. The number of nitrogens with one attached hydrogen (secondary N) is 1. The molecule has 41 heavy (non-hydrogen) atoms. The molecule has 0 aliphatic carbocycles. The van der Waals surface area contributed by atoms with Gasteiger partial charge in [-0.3, -0.25) is 13.9 Å². The number of carbonyl (C=O) groups excluding carboxylic acids is 2. The van der Waals surface area contributed by atoms with E-state index in [9.17, 15) is 18.0 Å². The summed E-state index contributed by atoms with van der Waals surface area (Å²) in [5, 5.41) is 3.58. The van der Waals surface area contributed by atoms with Crippen LogP contribution < -0.4 is 9.62 Å². The predicted molar refractivity (Wildman–Crippen MR) is 166 cm³/mol. The average molecular weight is 598 g/mol. The van der Waals surface area contributed by atoms with Crippen molar-refractivity contribution >= 4 is 39.1 Å². The van der Waals surface area contributed by atoms with E-state index >= 15 is 0 Å². The molecule has 0 aromatic heterocycles. The Morgan fingerprint density at radius 2 is 1.56 bits per heavy atom. The highest BCUT2D eigenvalue weighted by Crippen LogP contribution is 2.22. The summed E-state index contributed by atoms with van der Waals surface area (Å²) in [6.45, 7) is 7.96. The highest BCUT2D eigenvalue weighted by atomic mass is 35.5. The summed E-state index contributed by atoms with van der Waals surface area (Å²) in [6, 6.07) is 23.3. The zero-order valence-electron chi connectivity index (χ0n) is 24.4. The molecule has 0 radical (unpaired) electrons. The van der Waals surface area contributed by atoms with Crippen LogP contribution in [0.25, 0.3) is 0 Å². The number of anilines is 1. The van der Waals surface area contributed by atoms with Crippen molar-refractivity contribution in [3.8, 4) is 0 Å². The second kappa shape index (κ2) is 14.0. The first-order chi connectivity index (χ1) is 19.2. The highest BCUT2D eigenvalue weighted by molar-refractivity contribution is 7.92. The average Bonchev–Trinajstić information content (AvgIpc) is 2.88. The minimum absolute atomic E-state index is 0.0620. The van der Waals surface area contributed by atoms with Crippen molar-refractivity contribution in [2.75, 3.05) is 17.1 Å². The molecule has 0 aliphatic heterocycles. The largest absolute Gasteiger partial charge is 0.350 e. The van der Waals surface area contributed by atoms with Crippen molar-refractivity contribution in [3.63, 3.8) is 0 Å². The molecule has 3 aromatic carbocycles. The first kappa shape index (κ1) is 32.2. The van der Waals surface area contributed by atoms with Gasteiger partial charge in [0.25, 0.3) is 0 Å². The number of hydrogen-bond donors (Lipinski definition) is 1. The van der Waals surface area contributed by atoms with Gasteiger partial charge in [0.15, 0.2) is 0 Å². The Hall–Kier alpha value is -3.36. The molecule has 220 valence electrons. The van der Waals surface area contributed by atoms with Crippen LogP contribution in [-0.2, 0) is 32.6 Å². The van der Waals surface area contributed by atoms with Gasteiger partial charge in [-0.15, -0.1) is 0 Å². The molecule has 2 amide bonds. The van der Waals surface area contributed by atoms with Crippen LogP contribution in [0, 0.1) is 6.92 Å². The molecule has 9 heteroatoms. The van der Waals surface area contributed by atoms with E-state index in [4.69, 9.17) is 11.6 Å². The van der Waals surface area contributed by atoms with Crippen LogP contribution in [0.15, 0.2) is 78.9 Å². The summed E-state index contributed by atoms with van der Waals surface area (Å²) < 4.78 is 26.5. The van der Waals surface area contributed by atoms with Crippen molar-refractivity contribution in [1.82, 2.24) is 10.2 Å². The smallest absolute Gasteiger partial charge is 0.243 e. The molecule has 3 rings (SSSR count). The van der Waals surface area contributed by atoms with Crippen LogP contribution >= 0.6 is 11.6 Å². The Morgan fingerprint density at radius 1 is 0.927 bits per heavy atom. The van der Waals surface area contributed by atoms with E-state index in [0.717, 1.165) is 22.9 Å². The van der Waals surface area contributed by atoms with E-state index in [1.165, 1.54) is 4.31 Å². The molecular weight excluding hydrogens is 558 g/mol. The summed E-state index contributed by atoms with van der Waals surface area (Å²) in [6.07, 6.45) is 1.83. The lowest BCUT2D eigenvalue weighted by atomic mass is 10.00. The van der Waals surface area contributed by atoms with Gasteiger partial charge < -0.3 is 10.2 Å². The third kappa shape index (κ3) is 10.2. The maximum absolute atomic E-state index is 13.9. The normalized spacial score (nSPS) is 12.4. The number of benzene rings is 3. The van der Waals surface area contributed by atoms with E-state index in [1.807, 2.05) is 82.3 Å². The highest BCUT2D eigenvalue weighted by Gasteiger charge is 2.32. The lowest BCUT2D eigenvalue weighted by Crippen LogP contribution is -2.54. The fraction of sp³-hybridized carbons (Fsp3) is 0.375. The van der Waals surface area contributed by atoms with Crippen LogP contribution in [0.2, 0.25) is 5.02 Å². The quantitative estimate of drug-likeness (QED) is 0.288. The second-order valence-corrected chi connectivity index (χ2v) is 13.7. The van der Waals surface area contributed by atoms with Crippen molar-refractivity contribution in [2.45, 2.75) is 65.1 Å². The molecule has 0 heterocycles. The number of halogens is 1. The van der Waals surface area contributed by atoms with Gasteiger partial charge in [-0.05, 0) is 69.5 Å². The monoisotopic (exact) mass is 597 g/mol. The van der Waals surface area contributed by atoms with E-state index in [0.29, 0.717) is 17.1 Å². The van der Waals surface area contributed by atoms with E-state index in [1.54, 1.807) is 29.2 Å². The van der Waals surface area contributed by atoms with Crippen molar-refractivity contribution in [1.29, 1.82) is 0 Å². The van der Waals surface area contributed by atoms with E-state index in [-0.39, 0.29) is 37.7 Å². The number of sulfonamides is 1. The van der Waals surface area contributed by atoms with Gasteiger partial charge in [0.2, 0.25) is 21.8 Å². The molecule has 0 saturated carbocycles. The Kier molecular flexibility index (Phi) is 11.0. The number of nitrogens with zero attached hydrogens (tertiary/aromatic N) is 2. The molecule has 0 bridgehead atoms. The minimum Gasteiger partial charge on any atom is -0.350 e. The first-order valence-corrected chi connectivity index (χ1v) is 15.9. The Labute approximate surface area is 249 Å². The van der Waals surface area contributed by atoms with Crippen molar-refractivity contribution in [2.24, 2.45) is 0 Å². The summed E-state index contributed by atoms with van der Waals surface area (Å²) in [5.74, 6) is -0.499. The summed E-state index contributed by atoms with van der Waals surface area (Å²) in [4.78, 5) is 29.2. The molecular formula is C32H40ClN3O4S. The van der Waals surface area contributed by atoms with E-state index < -0.39 is 21.6 Å². The molecule has 0 unspecified atom stereocenters. The maximum atomic E-state index is 13.9. The number of hydrogen-bond acceptors (Lipinski definition) is 4. The SMILES string of the molecule is Cc1ccc(N(CCCC(=O)N(Cc2cccc(Cl)c2)[C@H](Cc2ccccc2)C(=O)NC(C)(C)C)S(C)(=O)=O)cc1. The molecule has 1 N–H and O–H groups in total. The summed E-state index contributed by atoms with van der Waals surface area (Å²) >= 11 is 6.25. The van der Waals surface area contributed by atoms with Crippen molar-refractivity contribution < 1.29 is 18.0 Å². The van der Waals surface area contributed by atoms with Crippen LogP contribution in [0.3, 0.4) is 0 Å². The van der Waals surface area contributed by atoms with Crippen LogP contribution in [0.5, 0.6) is 0 Å². The van der Waals surface area contributed by atoms with Crippen LogP contribution in [0.1, 0.15) is 50.3 Å². The third-order valence-electron chi connectivity index (χ3n) is 6.49. The molecule has 1 atom stereocenters. The number of carbonyl (C=O) groups is 2. The minimum atomic E-state index is -3.56. The third-order valence-corrected chi connectivity index (χ3v) is 7.91. The van der Waals surface area contributed by atoms with Crippen molar-refractivity contribution in [3.05, 3.63) is 101 Å². The first-order valence-electron chi connectivity index (χ1n) is 13.7. The zero-order valence-corrected chi connectivity index (χ0v) is 26.0. The predicted octanol–water partition coefficient (Wildman–Crippen LogP) is 5.75. The Balaban J connectivity index is 1.90. The molecule has 0 fully saturated rings. The fourth-order valence-electron chi connectivity index (χ4n) is 4.55. The van der Waals surface area contributed by atoms with E-state index in [2.05, 4.69) is 5.32 Å². The second-order valence-electron chi connectivity index (χ2n) is 11.4. The topological polar surface area (TPSA) is 86.8 Å².